The van der Waals surface area contributed by atoms with Crippen molar-refractivity contribution in [3.8, 4) is 11.1 Å². The SMILES string of the molecule is CC1(C)N([O])C(c2ccc(-c3ccc(C45CCC(c6ccc(C7=[N+]([O-])C(C)(C)C(C)(C)N7[O])cc6)(CC4)CC5)cc3)cc2)=[N+]([O-])C1(C)C. The Hall–Kier alpha value is -3.88. The van der Waals surface area contributed by atoms with Crippen LogP contribution in [-0.4, -0.2) is 53.4 Å². The van der Waals surface area contributed by atoms with Crippen LogP contribution in [-0.2, 0) is 21.2 Å². The highest BCUT2D eigenvalue weighted by molar-refractivity contribution is 5.97. The minimum atomic E-state index is -0.841. The van der Waals surface area contributed by atoms with Crippen LogP contribution in [0.5, 0.6) is 0 Å². The summed E-state index contributed by atoms with van der Waals surface area (Å²) in [5.74, 6) is 0.361. The van der Waals surface area contributed by atoms with E-state index in [1.54, 1.807) is 0 Å². The van der Waals surface area contributed by atoms with Gasteiger partial charge in [0.25, 0.3) is 0 Å². The van der Waals surface area contributed by atoms with Gasteiger partial charge in [0.1, 0.15) is 11.1 Å². The fourth-order valence-electron chi connectivity index (χ4n) is 8.54. The van der Waals surface area contributed by atoms with Gasteiger partial charge in [0, 0.05) is 10.4 Å². The summed E-state index contributed by atoms with van der Waals surface area (Å²) in [5.41, 5.74) is 3.16. The fraction of sp³-hybridized carbons (Fsp3) is 0.500. The van der Waals surface area contributed by atoms with Crippen LogP contribution in [0.3, 0.4) is 0 Å². The number of hydrogen-bond donors (Lipinski definition) is 0. The third-order valence-corrected chi connectivity index (χ3v) is 13.8. The van der Waals surface area contributed by atoms with Crippen molar-refractivity contribution in [2.75, 3.05) is 0 Å². The van der Waals surface area contributed by atoms with E-state index in [1.165, 1.54) is 11.1 Å². The van der Waals surface area contributed by atoms with Crippen LogP contribution in [0.4, 0.5) is 0 Å². The molecule has 0 unspecified atom stereocenters. The van der Waals surface area contributed by atoms with Gasteiger partial charge in [0.05, 0.1) is 11.1 Å². The summed E-state index contributed by atoms with van der Waals surface area (Å²) in [4.78, 5) is 0. The number of nitrogens with zero attached hydrogens (tertiary/aromatic N) is 4. The number of benzene rings is 3. The van der Waals surface area contributed by atoms with E-state index in [0.717, 1.165) is 69.3 Å². The van der Waals surface area contributed by atoms with E-state index in [9.17, 15) is 20.8 Å². The lowest BCUT2D eigenvalue weighted by molar-refractivity contribution is -0.539. The van der Waals surface area contributed by atoms with Gasteiger partial charge >= 0.3 is 11.7 Å². The van der Waals surface area contributed by atoms with Crippen molar-refractivity contribution in [2.45, 2.75) is 127 Å². The first-order valence-corrected chi connectivity index (χ1v) is 17.4. The molecule has 2 aliphatic heterocycles. The molecule has 3 fully saturated rings. The molecule has 0 amide bonds. The summed E-state index contributed by atoms with van der Waals surface area (Å²) in [6.45, 7) is 14.6. The van der Waals surface area contributed by atoms with Crippen molar-refractivity contribution >= 4 is 11.7 Å². The van der Waals surface area contributed by atoms with Gasteiger partial charge in [-0.05, 0) is 151 Å². The van der Waals surface area contributed by atoms with Crippen molar-refractivity contribution < 1.29 is 19.9 Å². The normalized spacial score (nSPS) is 28.5. The molecule has 48 heavy (non-hydrogen) atoms. The van der Waals surface area contributed by atoms with Crippen molar-refractivity contribution in [3.63, 3.8) is 0 Å². The third kappa shape index (κ3) is 4.27. The molecule has 0 spiro atoms. The topological polar surface area (TPSA) is 98.4 Å². The molecule has 8 heteroatoms. The molecule has 0 atom stereocenters. The predicted molar refractivity (Wildman–Crippen MR) is 186 cm³/mol. The molecule has 0 N–H and O–H groups in total. The third-order valence-electron chi connectivity index (χ3n) is 13.8. The van der Waals surface area contributed by atoms with Crippen LogP contribution in [0.2, 0.25) is 0 Å². The predicted octanol–water partition coefficient (Wildman–Crippen LogP) is 7.85. The number of rotatable bonds is 5. The molecule has 3 saturated carbocycles. The Morgan fingerprint density at radius 1 is 0.458 bits per heavy atom. The van der Waals surface area contributed by atoms with Crippen LogP contribution in [0, 0.1) is 10.4 Å². The van der Waals surface area contributed by atoms with E-state index in [-0.39, 0.29) is 22.5 Å². The molecule has 5 aliphatic rings. The lowest BCUT2D eigenvalue weighted by Gasteiger charge is -2.54. The number of amidine groups is 2. The average Bonchev–Trinajstić information content (AvgIpc) is 3.28. The first-order valence-electron chi connectivity index (χ1n) is 17.4. The Morgan fingerprint density at radius 2 is 0.708 bits per heavy atom. The van der Waals surface area contributed by atoms with E-state index in [4.69, 9.17) is 0 Å². The van der Waals surface area contributed by atoms with Crippen molar-refractivity contribution in [1.82, 2.24) is 10.1 Å². The van der Waals surface area contributed by atoms with Crippen LogP contribution >= 0.6 is 0 Å². The molecule has 0 saturated heterocycles. The lowest BCUT2D eigenvalue weighted by atomic mass is 9.50. The fourth-order valence-corrected chi connectivity index (χ4v) is 8.54. The maximum atomic E-state index is 13.2. The Balaban J connectivity index is 1.05. The monoisotopic (exact) mass is 648 g/mol. The van der Waals surface area contributed by atoms with Crippen molar-refractivity contribution in [3.05, 3.63) is 105 Å². The highest BCUT2D eigenvalue weighted by Crippen LogP contribution is 2.58. The second-order valence-corrected chi connectivity index (χ2v) is 16.9. The van der Waals surface area contributed by atoms with Gasteiger partial charge in [-0.15, -0.1) is 0 Å². The first-order chi connectivity index (χ1) is 22.4. The first kappa shape index (κ1) is 32.7. The van der Waals surface area contributed by atoms with Gasteiger partial charge < -0.3 is 10.4 Å². The summed E-state index contributed by atoms with van der Waals surface area (Å²) in [6.07, 6.45) is 6.75. The maximum Gasteiger partial charge on any atom is 0.316 e. The Bertz CT molecular complexity index is 1790. The zero-order valence-electron chi connectivity index (χ0n) is 29.6. The smallest absolute Gasteiger partial charge is 0.316 e. The molecule has 3 aromatic carbocycles. The second kappa shape index (κ2) is 10.3. The van der Waals surface area contributed by atoms with E-state index >= 15 is 0 Å². The molecule has 8 rings (SSSR count). The van der Waals surface area contributed by atoms with E-state index in [2.05, 4.69) is 36.4 Å². The van der Waals surface area contributed by atoms with Gasteiger partial charge in [-0.2, -0.15) is 0 Å². The van der Waals surface area contributed by atoms with E-state index < -0.39 is 22.2 Å². The number of fused-ring (bicyclic) bond motifs is 3. The molecule has 252 valence electrons. The number of hydrogen-bond acceptors (Lipinski definition) is 4. The largest absolute Gasteiger partial charge is 0.714 e. The van der Waals surface area contributed by atoms with E-state index in [1.807, 2.05) is 91.8 Å². The van der Waals surface area contributed by atoms with Crippen LogP contribution < -0.4 is 0 Å². The van der Waals surface area contributed by atoms with Gasteiger partial charge in [0.2, 0.25) is 0 Å². The summed E-state index contributed by atoms with van der Waals surface area (Å²) >= 11 is 0. The van der Waals surface area contributed by atoms with Gasteiger partial charge in [0.15, 0.2) is 11.1 Å². The summed E-state index contributed by atoms with van der Waals surface area (Å²) in [6, 6.07) is 24.9. The molecule has 3 aliphatic carbocycles. The van der Waals surface area contributed by atoms with Gasteiger partial charge in [-0.25, -0.2) is 0 Å². The average molecular weight is 649 g/mol. The Morgan fingerprint density at radius 3 is 0.979 bits per heavy atom. The molecule has 2 bridgehead atoms. The summed E-state index contributed by atoms with van der Waals surface area (Å²) < 4.78 is 1.75. The quantitative estimate of drug-likeness (QED) is 0.208. The highest BCUT2D eigenvalue weighted by atomic mass is 16.5. The Labute approximate surface area is 284 Å². The minimum Gasteiger partial charge on any atom is -0.714 e. The molecular weight excluding hydrogens is 600 g/mol. The standard InChI is InChI=1S/C40H48N4O4/c1-35(2)36(3,4)42(46)33(41(35)45)29-11-9-27(10-12-29)28-13-17-31(18-14-28)39-21-24-40(25-22-39,26-23-39)32-19-15-30(16-20-32)34-43(47)37(5,6)38(7,8)44(34)48/h9-20H,21-26H2,1-8H3. The molecular formula is C40H48N4O4. The zero-order valence-corrected chi connectivity index (χ0v) is 29.6. The number of hydroxylamine groups is 6. The van der Waals surface area contributed by atoms with Crippen LogP contribution in [0.1, 0.15) is 116 Å². The lowest BCUT2D eigenvalue weighted by Crippen LogP contribution is -2.53. The summed E-state index contributed by atoms with van der Waals surface area (Å²) in [5, 5.41) is 54.3. The molecule has 3 aromatic rings. The molecule has 8 nitrogen and oxygen atoms in total. The molecule has 2 heterocycles. The molecule has 0 aromatic heterocycles. The van der Waals surface area contributed by atoms with E-state index in [0.29, 0.717) is 11.1 Å². The Kier molecular flexibility index (Phi) is 7.02. The molecule has 2 radical (unpaired) electrons. The van der Waals surface area contributed by atoms with Gasteiger partial charge in [-0.1, -0.05) is 58.7 Å². The van der Waals surface area contributed by atoms with Crippen LogP contribution in [0.25, 0.3) is 11.1 Å². The second-order valence-electron chi connectivity index (χ2n) is 16.9. The summed E-state index contributed by atoms with van der Waals surface area (Å²) in [7, 11) is 0. The van der Waals surface area contributed by atoms with Crippen molar-refractivity contribution in [1.29, 1.82) is 0 Å². The zero-order chi connectivity index (χ0) is 34.7. The van der Waals surface area contributed by atoms with Crippen molar-refractivity contribution in [2.24, 2.45) is 0 Å². The maximum absolute atomic E-state index is 13.2. The highest BCUT2D eigenvalue weighted by Gasteiger charge is 2.61. The van der Waals surface area contributed by atoms with Gasteiger partial charge in [-0.3, -0.25) is 9.48 Å². The minimum absolute atomic E-state index is 0.135. The van der Waals surface area contributed by atoms with Crippen LogP contribution in [0.15, 0.2) is 72.8 Å².